The molecular formula is C6H5Cl2NaO3S. The van der Waals surface area contributed by atoms with Gasteiger partial charge >= 0.3 is 29.6 Å². The molecule has 0 spiro atoms. The van der Waals surface area contributed by atoms with Gasteiger partial charge in [-0.15, -0.1) is 0 Å². The summed E-state index contributed by atoms with van der Waals surface area (Å²) < 4.78 is 29.9. The topological polar surface area (TPSA) is 54.4 Å². The van der Waals surface area contributed by atoms with Crippen molar-refractivity contribution < 1.29 is 44.0 Å². The Morgan fingerprint density at radius 1 is 1.31 bits per heavy atom. The molecule has 0 aliphatic carbocycles. The van der Waals surface area contributed by atoms with E-state index < -0.39 is 10.1 Å². The number of halogens is 2. The fourth-order valence-electron chi connectivity index (χ4n) is 0.675. The van der Waals surface area contributed by atoms with Gasteiger partial charge in [0.05, 0.1) is 5.02 Å². The van der Waals surface area contributed by atoms with Crippen LogP contribution in [0.5, 0.6) is 0 Å². The summed E-state index contributed by atoms with van der Waals surface area (Å²) in [4.78, 5) is -0.378. The van der Waals surface area contributed by atoms with E-state index in [4.69, 9.17) is 27.8 Å². The van der Waals surface area contributed by atoms with Crippen LogP contribution in [0.2, 0.25) is 10.0 Å². The zero-order chi connectivity index (χ0) is 9.35. The van der Waals surface area contributed by atoms with Crippen molar-refractivity contribution in [2.24, 2.45) is 0 Å². The maximum Gasteiger partial charge on any atom is 1.00 e. The van der Waals surface area contributed by atoms with Crippen molar-refractivity contribution in [1.29, 1.82) is 0 Å². The first-order valence-electron chi connectivity index (χ1n) is 2.84. The monoisotopic (exact) mass is 250 g/mol. The minimum Gasteiger partial charge on any atom is -1.00 e. The van der Waals surface area contributed by atoms with Crippen molar-refractivity contribution in [2.75, 3.05) is 0 Å². The Hall–Kier alpha value is 0.710. The minimum absolute atomic E-state index is 0. The first kappa shape index (κ1) is 13.7. The molecule has 3 nitrogen and oxygen atoms in total. The molecule has 0 aliphatic heterocycles. The second kappa shape index (κ2) is 4.98. The first-order chi connectivity index (χ1) is 5.41. The van der Waals surface area contributed by atoms with Gasteiger partial charge in [0.2, 0.25) is 0 Å². The number of hydrogen-bond acceptors (Lipinski definition) is 2. The predicted octanol–water partition coefficient (Wildman–Crippen LogP) is -0.643. The average Bonchev–Trinajstić information content (AvgIpc) is 1.92. The fourth-order valence-corrected chi connectivity index (χ4v) is 1.91. The van der Waals surface area contributed by atoms with E-state index in [0.717, 1.165) is 6.07 Å². The first-order valence-corrected chi connectivity index (χ1v) is 5.03. The Morgan fingerprint density at radius 2 is 1.85 bits per heavy atom. The number of benzene rings is 1. The molecule has 13 heavy (non-hydrogen) atoms. The molecule has 0 atom stereocenters. The Bertz CT molecular complexity index is 410. The average molecular weight is 251 g/mol. The van der Waals surface area contributed by atoms with Gasteiger partial charge < -0.3 is 1.43 Å². The number of hydrogen-bond donors (Lipinski definition) is 1. The van der Waals surface area contributed by atoms with E-state index in [0.29, 0.717) is 0 Å². The molecule has 1 aromatic rings. The Morgan fingerprint density at radius 3 is 2.23 bits per heavy atom. The molecule has 1 aromatic carbocycles. The van der Waals surface area contributed by atoms with Gasteiger partial charge in [-0.05, 0) is 18.2 Å². The van der Waals surface area contributed by atoms with Crippen LogP contribution < -0.4 is 29.6 Å². The van der Waals surface area contributed by atoms with Crippen LogP contribution >= 0.6 is 23.2 Å². The van der Waals surface area contributed by atoms with Gasteiger partial charge in [0, 0.05) is 5.02 Å². The maximum absolute atomic E-state index is 10.6. The van der Waals surface area contributed by atoms with E-state index >= 15 is 0 Å². The molecule has 0 bridgehead atoms. The van der Waals surface area contributed by atoms with Gasteiger partial charge in [-0.25, -0.2) is 0 Å². The standard InChI is InChI=1S/C6H4Cl2O3S.Na.H/c7-4-1-2-5(8)6(3-4)12(9,10)11;;/h1-3H,(H,9,10,11);;/q;+1;-1. The summed E-state index contributed by atoms with van der Waals surface area (Å²) in [6.07, 6.45) is 0. The molecular weight excluding hydrogens is 246 g/mol. The van der Waals surface area contributed by atoms with Crippen LogP contribution in [-0.4, -0.2) is 13.0 Å². The summed E-state index contributed by atoms with van der Waals surface area (Å²) >= 11 is 11.0. The summed E-state index contributed by atoms with van der Waals surface area (Å²) in [5.41, 5.74) is 0. The van der Waals surface area contributed by atoms with Crippen molar-refractivity contribution >= 4 is 33.3 Å². The van der Waals surface area contributed by atoms with Crippen molar-refractivity contribution in [3.63, 3.8) is 0 Å². The third-order valence-electron chi connectivity index (χ3n) is 1.17. The maximum atomic E-state index is 10.6. The number of rotatable bonds is 1. The molecule has 1 rings (SSSR count). The Balaban J connectivity index is 0. The predicted molar refractivity (Wildman–Crippen MR) is 47.4 cm³/mol. The Labute approximate surface area is 110 Å². The van der Waals surface area contributed by atoms with Gasteiger partial charge in [0.25, 0.3) is 10.1 Å². The second-order valence-corrected chi connectivity index (χ2v) is 4.28. The summed E-state index contributed by atoms with van der Waals surface area (Å²) in [5.74, 6) is 0. The molecule has 0 saturated carbocycles. The third kappa shape index (κ3) is 3.75. The van der Waals surface area contributed by atoms with Crippen LogP contribution in [0.15, 0.2) is 23.1 Å². The van der Waals surface area contributed by atoms with Crippen LogP contribution in [0.25, 0.3) is 0 Å². The molecule has 0 unspecified atom stereocenters. The normalized spacial score (nSPS) is 10.7. The molecule has 0 radical (unpaired) electrons. The van der Waals surface area contributed by atoms with Crippen LogP contribution in [-0.2, 0) is 10.1 Å². The quantitative estimate of drug-likeness (QED) is 0.533. The molecule has 7 heteroatoms. The van der Waals surface area contributed by atoms with E-state index in [9.17, 15) is 8.42 Å². The zero-order valence-corrected chi connectivity index (χ0v) is 11.0. The molecule has 0 saturated heterocycles. The third-order valence-corrected chi connectivity index (χ3v) is 2.74. The van der Waals surface area contributed by atoms with Crippen molar-refractivity contribution in [1.82, 2.24) is 0 Å². The van der Waals surface area contributed by atoms with Gasteiger partial charge in [0.1, 0.15) is 4.90 Å². The minimum atomic E-state index is -4.27. The van der Waals surface area contributed by atoms with Crippen LogP contribution in [0.4, 0.5) is 0 Å². The van der Waals surface area contributed by atoms with Gasteiger partial charge in [-0.1, -0.05) is 23.2 Å². The molecule has 0 fully saturated rings. The van der Waals surface area contributed by atoms with Gasteiger partial charge in [-0.3, -0.25) is 4.55 Å². The summed E-state index contributed by atoms with van der Waals surface area (Å²) in [7, 11) is -4.27. The van der Waals surface area contributed by atoms with Gasteiger partial charge in [0.15, 0.2) is 0 Å². The van der Waals surface area contributed by atoms with Crippen molar-refractivity contribution in [2.45, 2.75) is 4.90 Å². The van der Waals surface area contributed by atoms with Crippen LogP contribution in [0.1, 0.15) is 1.43 Å². The van der Waals surface area contributed by atoms with Crippen LogP contribution in [0, 0.1) is 0 Å². The summed E-state index contributed by atoms with van der Waals surface area (Å²) in [6.45, 7) is 0. The Kier molecular flexibility index (Phi) is 5.25. The van der Waals surface area contributed by atoms with E-state index in [1.807, 2.05) is 0 Å². The molecule has 0 aromatic heterocycles. The van der Waals surface area contributed by atoms with E-state index in [1.165, 1.54) is 12.1 Å². The largest absolute Gasteiger partial charge is 1.00 e. The molecule has 0 aliphatic rings. The molecule has 1 N–H and O–H groups in total. The van der Waals surface area contributed by atoms with Crippen molar-refractivity contribution in [3.8, 4) is 0 Å². The molecule has 0 heterocycles. The van der Waals surface area contributed by atoms with Gasteiger partial charge in [-0.2, -0.15) is 8.42 Å². The fraction of sp³-hybridized carbons (Fsp3) is 0. The summed E-state index contributed by atoms with van der Waals surface area (Å²) in [6, 6.07) is 3.81. The van der Waals surface area contributed by atoms with Crippen LogP contribution in [0.3, 0.4) is 0 Å². The molecule has 0 amide bonds. The van der Waals surface area contributed by atoms with E-state index in [-0.39, 0.29) is 45.9 Å². The van der Waals surface area contributed by atoms with Crippen molar-refractivity contribution in [3.05, 3.63) is 28.2 Å². The van der Waals surface area contributed by atoms with E-state index in [2.05, 4.69) is 0 Å². The molecule has 68 valence electrons. The summed E-state index contributed by atoms with van der Waals surface area (Å²) in [5, 5.41) is 0.147. The second-order valence-electron chi connectivity index (χ2n) is 2.05. The van der Waals surface area contributed by atoms with E-state index in [1.54, 1.807) is 0 Å². The SMILES string of the molecule is O=S(=O)(O)c1cc(Cl)ccc1Cl.[H-].[Na+]. The zero-order valence-electron chi connectivity index (χ0n) is 7.66. The smallest absolute Gasteiger partial charge is 1.00 e.